The van der Waals surface area contributed by atoms with E-state index in [0.717, 1.165) is 40.0 Å². The third kappa shape index (κ3) is 3.01. The maximum atomic E-state index is 12.5. The summed E-state index contributed by atoms with van der Waals surface area (Å²) < 4.78 is 2.89. The van der Waals surface area contributed by atoms with Crippen LogP contribution in [0, 0.1) is 6.92 Å². The first kappa shape index (κ1) is 15.0. The molecule has 0 bridgehead atoms. The number of carbonyl (C=O) groups excluding carboxylic acids is 1. The Morgan fingerprint density at radius 1 is 1.35 bits per heavy atom. The van der Waals surface area contributed by atoms with Crippen molar-refractivity contribution in [2.45, 2.75) is 40.2 Å². The Bertz CT molecular complexity index is 631. The first-order valence-corrected chi connectivity index (χ1v) is 7.70. The molecule has 3 nitrogen and oxygen atoms in total. The van der Waals surface area contributed by atoms with Crippen molar-refractivity contribution in [1.29, 1.82) is 0 Å². The lowest BCUT2D eigenvalue weighted by molar-refractivity contribution is 0.0990. The highest BCUT2D eigenvalue weighted by Gasteiger charge is 2.15. The van der Waals surface area contributed by atoms with E-state index in [1.54, 1.807) is 0 Å². The summed E-state index contributed by atoms with van der Waals surface area (Å²) in [6, 6.07) is 7.78. The summed E-state index contributed by atoms with van der Waals surface area (Å²) in [5.74, 6) is 0.140. The molecule has 0 aliphatic heterocycles. The largest absolute Gasteiger partial charge is 0.294 e. The maximum absolute atomic E-state index is 12.5. The Morgan fingerprint density at radius 2 is 2.10 bits per heavy atom. The van der Waals surface area contributed by atoms with Gasteiger partial charge in [0.2, 0.25) is 0 Å². The van der Waals surface area contributed by atoms with E-state index in [0.29, 0.717) is 6.42 Å². The molecule has 0 N–H and O–H groups in total. The molecule has 0 aliphatic carbocycles. The van der Waals surface area contributed by atoms with Crippen molar-refractivity contribution in [2.24, 2.45) is 0 Å². The van der Waals surface area contributed by atoms with Gasteiger partial charge < -0.3 is 0 Å². The predicted octanol–water partition coefficient (Wildman–Crippen LogP) is 3.96. The number of carbonyl (C=O) groups is 1. The highest BCUT2D eigenvalue weighted by atomic mass is 79.9. The fourth-order valence-electron chi connectivity index (χ4n) is 2.27. The minimum Gasteiger partial charge on any atom is -0.294 e. The van der Waals surface area contributed by atoms with Crippen molar-refractivity contribution in [2.75, 3.05) is 0 Å². The van der Waals surface area contributed by atoms with Crippen LogP contribution in [0.1, 0.15) is 41.2 Å². The van der Waals surface area contributed by atoms with Crippen LogP contribution in [0.5, 0.6) is 0 Å². The molecule has 0 fully saturated rings. The van der Waals surface area contributed by atoms with Crippen LogP contribution in [0.25, 0.3) is 0 Å². The van der Waals surface area contributed by atoms with Gasteiger partial charge in [-0.15, -0.1) is 0 Å². The van der Waals surface area contributed by atoms with Crippen molar-refractivity contribution in [3.8, 4) is 0 Å². The fourth-order valence-corrected chi connectivity index (χ4v) is 2.64. The molecular formula is C16H19BrN2O. The number of aromatic nitrogens is 2. The molecule has 0 amide bonds. The summed E-state index contributed by atoms with van der Waals surface area (Å²) in [5.41, 5.74) is 3.81. The van der Waals surface area contributed by atoms with Crippen LogP contribution in [0.15, 0.2) is 28.7 Å². The molecular weight excluding hydrogens is 316 g/mol. The Balaban J connectivity index is 2.27. The maximum Gasteiger partial charge on any atom is 0.169 e. The number of aryl methyl sites for hydroxylation is 2. The number of rotatable bonds is 5. The molecule has 2 rings (SSSR count). The number of Topliss-reactive ketones (excluding diaryl/α,β-unsaturated/α-hetero) is 1. The normalized spacial score (nSPS) is 10.8. The Hall–Kier alpha value is -1.42. The standard InChI is InChI=1S/C16H19BrN2O/c1-4-12-9-13(19(5-2)18-12)10-16(20)14-7-6-8-15(17)11(14)3/h6-9H,4-5,10H2,1-3H3. The van der Waals surface area contributed by atoms with E-state index in [9.17, 15) is 4.79 Å². The zero-order valence-corrected chi connectivity index (χ0v) is 13.7. The van der Waals surface area contributed by atoms with Crippen LogP contribution in [-0.4, -0.2) is 15.6 Å². The number of halogens is 1. The van der Waals surface area contributed by atoms with Crippen molar-refractivity contribution in [3.63, 3.8) is 0 Å². The fraction of sp³-hybridized carbons (Fsp3) is 0.375. The molecule has 0 radical (unpaired) electrons. The molecule has 0 aliphatic rings. The third-order valence-corrected chi connectivity index (χ3v) is 4.34. The van der Waals surface area contributed by atoms with Gasteiger partial charge in [-0.25, -0.2) is 0 Å². The van der Waals surface area contributed by atoms with E-state index in [1.807, 2.05) is 42.8 Å². The summed E-state index contributed by atoms with van der Waals surface area (Å²) in [4.78, 5) is 12.5. The summed E-state index contributed by atoms with van der Waals surface area (Å²) in [6.07, 6.45) is 1.29. The lowest BCUT2D eigenvalue weighted by atomic mass is 10.0. The van der Waals surface area contributed by atoms with E-state index >= 15 is 0 Å². The SMILES string of the molecule is CCc1cc(CC(=O)c2cccc(Br)c2C)n(CC)n1. The zero-order chi connectivity index (χ0) is 14.7. The van der Waals surface area contributed by atoms with Gasteiger partial charge in [0.1, 0.15) is 0 Å². The molecule has 1 heterocycles. The minimum absolute atomic E-state index is 0.140. The zero-order valence-electron chi connectivity index (χ0n) is 12.1. The average molecular weight is 335 g/mol. The Labute approximate surface area is 128 Å². The van der Waals surface area contributed by atoms with Crippen LogP contribution in [0.2, 0.25) is 0 Å². The quantitative estimate of drug-likeness (QED) is 0.775. The second kappa shape index (κ2) is 6.35. The minimum atomic E-state index is 0.140. The molecule has 1 aromatic heterocycles. The average Bonchev–Trinajstić information content (AvgIpc) is 2.84. The Morgan fingerprint density at radius 3 is 2.75 bits per heavy atom. The van der Waals surface area contributed by atoms with Gasteiger partial charge in [0, 0.05) is 22.3 Å². The lowest BCUT2D eigenvalue weighted by Crippen LogP contribution is -2.11. The molecule has 0 saturated heterocycles. The first-order valence-electron chi connectivity index (χ1n) is 6.90. The first-order chi connectivity index (χ1) is 9.56. The van der Waals surface area contributed by atoms with Gasteiger partial charge in [0.15, 0.2) is 5.78 Å². The highest BCUT2D eigenvalue weighted by Crippen LogP contribution is 2.21. The topological polar surface area (TPSA) is 34.9 Å². The molecule has 2 aromatic rings. The molecule has 20 heavy (non-hydrogen) atoms. The molecule has 106 valence electrons. The van der Waals surface area contributed by atoms with Crippen LogP contribution < -0.4 is 0 Å². The number of benzene rings is 1. The molecule has 0 atom stereocenters. The van der Waals surface area contributed by atoms with Gasteiger partial charge in [-0.3, -0.25) is 9.48 Å². The van der Waals surface area contributed by atoms with Crippen molar-refractivity contribution in [1.82, 2.24) is 9.78 Å². The Kier molecular flexibility index (Phi) is 4.76. The second-order valence-corrected chi connectivity index (χ2v) is 5.66. The van der Waals surface area contributed by atoms with Crippen LogP contribution in [-0.2, 0) is 19.4 Å². The van der Waals surface area contributed by atoms with E-state index in [1.165, 1.54) is 0 Å². The van der Waals surface area contributed by atoms with E-state index in [-0.39, 0.29) is 5.78 Å². The second-order valence-electron chi connectivity index (χ2n) is 4.81. The van der Waals surface area contributed by atoms with Crippen molar-refractivity contribution < 1.29 is 4.79 Å². The number of ketones is 1. The van der Waals surface area contributed by atoms with Gasteiger partial charge in [0.05, 0.1) is 12.1 Å². The third-order valence-electron chi connectivity index (χ3n) is 3.49. The lowest BCUT2D eigenvalue weighted by Gasteiger charge is -2.07. The van der Waals surface area contributed by atoms with Crippen molar-refractivity contribution in [3.05, 3.63) is 51.3 Å². The molecule has 0 saturated carbocycles. The van der Waals surface area contributed by atoms with Crippen LogP contribution in [0.4, 0.5) is 0 Å². The van der Waals surface area contributed by atoms with Gasteiger partial charge in [-0.1, -0.05) is 35.0 Å². The van der Waals surface area contributed by atoms with Crippen molar-refractivity contribution >= 4 is 21.7 Å². The van der Waals surface area contributed by atoms with E-state index < -0.39 is 0 Å². The van der Waals surface area contributed by atoms with Gasteiger partial charge >= 0.3 is 0 Å². The molecule has 0 spiro atoms. The van der Waals surface area contributed by atoms with Gasteiger partial charge in [0.25, 0.3) is 0 Å². The smallest absolute Gasteiger partial charge is 0.169 e. The van der Waals surface area contributed by atoms with Crippen LogP contribution >= 0.6 is 15.9 Å². The van der Waals surface area contributed by atoms with Crippen LogP contribution in [0.3, 0.4) is 0 Å². The summed E-state index contributed by atoms with van der Waals surface area (Å²) in [7, 11) is 0. The summed E-state index contributed by atoms with van der Waals surface area (Å²) in [5, 5.41) is 4.49. The predicted molar refractivity (Wildman–Crippen MR) is 84.2 cm³/mol. The monoisotopic (exact) mass is 334 g/mol. The molecule has 1 aromatic carbocycles. The number of nitrogens with zero attached hydrogens (tertiary/aromatic N) is 2. The number of hydrogen-bond donors (Lipinski definition) is 0. The van der Waals surface area contributed by atoms with E-state index in [2.05, 4.69) is 28.0 Å². The van der Waals surface area contributed by atoms with Gasteiger partial charge in [-0.05, 0) is 38.0 Å². The number of hydrogen-bond acceptors (Lipinski definition) is 2. The van der Waals surface area contributed by atoms with Gasteiger partial charge in [-0.2, -0.15) is 5.10 Å². The summed E-state index contributed by atoms with van der Waals surface area (Å²) >= 11 is 3.47. The molecule has 4 heteroatoms. The highest BCUT2D eigenvalue weighted by molar-refractivity contribution is 9.10. The summed E-state index contributed by atoms with van der Waals surface area (Å²) in [6.45, 7) is 6.88. The molecule has 0 unspecified atom stereocenters. The van der Waals surface area contributed by atoms with E-state index in [4.69, 9.17) is 0 Å².